The van der Waals surface area contributed by atoms with Gasteiger partial charge in [-0.25, -0.2) is 0 Å². The lowest BCUT2D eigenvalue weighted by Gasteiger charge is -2.72. The zero-order valence-corrected chi connectivity index (χ0v) is 29.3. The third kappa shape index (κ3) is 4.23. The maximum atomic E-state index is 14.3. The van der Waals surface area contributed by atoms with Crippen LogP contribution in [-0.4, -0.2) is 33.1 Å². The van der Waals surface area contributed by atoms with Gasteiger partial charge in [0.05, 0.1) is 26.7 Å². The van der Waals surface area contributed by atoms with Crippen molar-refractivity contribution in [2.75, 3.05) is 21.3 Å². The van der Waals surface area contributed by atoms with Gasteiger partial charge in [-0.15, -0.1) is 0 Å². The van der Waals surface area contributed by atoms with Crippen molar-refractivity contribution in [3.8, 4) is 11.5 Å². The minimum atomic E-state index is -0.451. The number of allylic oxidation sites excluding steroid dienone is 2. The Bertz CT molecular complexity index is 1440. The summed E-state index contributed by atoms with van der Waals surface area (Å²) < 4.78 is 16.9. The van der Waals surface area contributed by atoms with Crippen LogP contribution in [0.5, 0.6) is 11.5 Å². The van der Waals surface area contributed by atoms with Crippen molar-refractivity contribution in [2.24, 2.45) is 56.7 Å². The van der Waals surface area contributed by atoms with Crippen molar-refractivity contribution in [1.82, 2.24) is 0 Å². The molecule has 9 atom stereocenters. The van der Waals surface area contributed by atoms with Crippen molar-refractivity contribution in [1.29, 1.82) is 0 Å². The average Bonchev–Trinajstić information content (AvgIpc) is 3.41. The van der Waals surface area contributed by atoms with Crippen LogP contribution in [0.1, 0.15) is 105 Å². The lowest BCUT2D eigenvalue weighted by Crippen LogP contribution is -2.67. The van der Waals surface area contributed by atoms with Crippen LogP contribution in [0.25, 0.3) is 6.08 Å². The molecule has 5 fully saturated rings. The van der Waals surface area contributed by atoms with Gasteiger partial charge in [-0.05, 0) is 128 Å². The molecule has 5 aliphatic rings. The van der Waals surface area contributed by atoms with Gasteiger partial charge in [0.25, 0.3) is 0 Å². The first kappa shape index (κ1) is 32.4. The molecule has 0 spiro atoms. The minimum absolute atomic E-state index is 0.0107. The number of benzene rings is 1. The molecular weight excluding hydrogens is 560 g/mol. The van der Waals surface area contributed by atoms with Crippen molar-refractivity contribution in [2.45, 2.75) is 99.3 Å². The third-order valence-electron chi connectivity index (χ3n) is 15.0. The van der Waals surface area contributed by atoms with Crippen LogP contribution in [-0.2, 0) is 14.3 Å². The zero-order chi connectivity index (χ0) is 32.7. The van der Waals surface area contributed by atoms with Gasteiger partial charge in [0.2, 0.25) is 0 Å². The molecule has 5 aliphatic carbocycles. The minimum Gasteiger partial charge on any atom is -0.493 e. The van der Waals surface area contributed by atoms with Crippen LogP contribution >= 0.6 is 0 Å². The number of hydrogen-bond acceptors (Lipinski definition) is 5. The molecule has 0 aliphatic heterocycles. The second kappa shape index (κ2) is 10.7. The molecule has 1 aromatic rings. The molecule has 0 aromatic heterocycles. The number of fused-ring (bicyclic) bond motifs is 7. The van der Waals surface area contributed by atoms with Crippen LogP contribution in [0.2, 0.25) is 0 Å². The Kier molecular flexibility index (Phi) is 7.73. The molecule has 246 valence electrons. The highest BCUT2D eigenvalue weighted by molar-refractivity contribution is 6.04. The van der Waals surface area contributed by atoms with Crippen LogP contribution < -0.4 is 9.47 Å². The summed E-state index contributed by atoms with van der Waals surface area (Å²) in [4.78, 5) is 27.9. The molecule has 0 amide bonds. The molecule has 0 bridgehead atoms. The Morgan fingerprint density at radius 1 is 0.889 bits per heavy atom. The van der Waals surface area contributed by atoms with Gasteiger partial charge >= 0.3 is 5.97 Å². The summed E-state index contributed by atoms with van der Waals surface area (Å²) in [5.41, 5.74) is 2.41. The van der Waals surface area contributed by atoms with Crippen LogP contribution in [0.15, 0.2) is 35.9 Å². The van der Waals surface area contributed by atoms with E-state index in [-0.39, 0.29) is 33.4 Å². The van der Waals surface area contributed by atoms with Gasteiger partial charge in [-0.1, -0.05) is 58.9 Å². The Balaban J connectivity index is 1.42. The van der Waals surface area contributed by atoms with Crippen molar-refractivity contribution in [3.63, 3.8) is 0 Å². The van der Waals surface area contributed by atoms with Gasteiger partial charge < -0.3 is 14.2 Å². The molecule has 45 heavy (non-hydrogen) atoms. The highest BCUT2D eigenvalue weighted by Crippen LogP contribution is 2.77. The van der Waals surface area contributed by atoms with Crippen molar-refractivity contribution >= 4 is 17.8 Å². The SMILES string of the molecule is C=C(C)[C@H]1CC[C@]2(C(=O)OC)CC[C@]3(C)[C@@H](CC[C@H]4[C@@]5(C)C/C(=C\c6cccc(OC)c6OC)C(=O)C(C)(C)[C@@H]5CC[C@@]43C)[C@H]12. The Labute approximate surface area is 271 Å². The second-order valence-corrected chi connectivity index (χ2v) is 16.8. The zero-order valence-electron chi connectivity index (χ0n) is 29.3. The van der Waals surface area contributed by atoms with Gasteiger partial charge in [-0.2, -0.15) is 0 Å². The number of esters is 1. The van der Waals surface area contributed by atoms with E-state index in [1.165, 1.54) is 5.57 Å². The molecule has 5 heteroatoms. The highest BCUT2D eigenvalue weighted by Gasteiger charge is 2.72. The predicted molar refractivity (Wildman–Crippen MR) is 179 cm³/mol. The lowest BCUT2D eigenvalue weighted by molar-refractivity contribution is -0.232. The van der Waals surface area contributed by atoms with E-state index < -0.39 is 5.41 Å². The average molecular weight is 617 g/mol. The van der Waals surface area contributed by atoms with Gasteiger partial charge in [-0.3, -0.25) is 9.59 Å². The molecule has 1 aromatic carbocycles. The Hall–Kier alpha value is -2.56. The number of carbonyl (C=O) groups excluding carboxylic acids is 2. The highest BCUT2D eigenvalue weighted by atomic mass is 16.5. The number of ketones is 1. The van der Waals surface area contributed by atoms with Crippen molar-refractivity contribution < 1.29 is 23.8 Å². The smallest absolute Gasteiger partial charge is 0.312 e. The molecular formula is C40H56O5. The number of para-hydroxylation sites is 1. The standard InChI is InChI=1S/C40H56O5/c1-24(2)27-16-19-40(35(42)45-10)21-20-38(6)28(32(27)40)14-15-31-37(5)23-26(22-25-12-11-13-29(43-8)33(25)44-9)34(41)36(3,4)30(37)17-18-39(31,38)7/h11-13,22,27-28,30-32H,1,14-21,23H2,2-10H3/b26-22+/t27-,28+,30+,31+,32+,37+,38-,39+,40+/m1/s1. The molecule has 0 saturated heterocycles. The van der Waals surface area contributed by atoms with Crippen LogP contribution in [0, 0.1) is 56.7 Å². The summed E-state index contributed by atoms with van der Waals surface area (Å²) in [6, 6.07) is 5.89. The topological polar surface area (TPSA) is 61.8 Å². The number of ether oxygens (including phenoxy) is 3. The normalized spacial score (nSPS) is 42.6. The number of methoxy groups -OCH3 is 3. The summed E-state index contributed by atoms with van der Waals surface area (Å²) >= 11 is 0. The lowest BCUT2D eigenvalue weighted by atomic mass is 9.32. The fourth-order valence-corrected chi connectivity index (χ4v) is 12.9. The van der Waals surface area contributed by atoms with E-state index in [9.17, 15) is 9.59 Å². The summed E-state index contributed by atoms with van der Waals surface area (Å²) in [7, 11) is 4.89. The second-order valence-electron chi connectivity index (χ2n) is 16.8. The number of rotatable bonds is 5. The van der Waals surface area contributed by atoms with E-state index in [0.29, 0.717) is 41.1 Å². The molecule has 6 rings (SSSR count). The Morgan fingerprint density at radius 3 is 2.27 bits per heavy atom. The molecule has 5 saturated carbocycles. The summed E-state index contributed by atoms with van der Waals surface area (Å²) in [6.45, 7) is 18.7. The van der Waals surface area contributed by atoms with Crippen LogP contribution in [0.4, 0.5) is 0 Å². The van der Waals surface area contributed by atoms with Crippen molar-refractivity contribution in [3.05, 3.63) is 41.5 Å². The fraction of sp³-hybridized carbons (Fsp3) is 0.700. The third-order valence-corrected chi connectivity index (χ3v) is 15.0. The van der Waals surface area contributed by atoms with Gasteiger partial charge in [0, 0.05) is 11.0 Å². The van der Waals surface area contributed by atoms with Crippen LogP contribution in [0.3, 0.4) is 0 Å². The molecule has 0 radical (unpaired) electrons. The maximum Gasteiger partial charge on any atom is 0.312 e. The first-order chi connectivity index (χ1) is 21.2. The van der Waals surface area contributed by atoms with E-state index in [0.717, 1.165) is 68.9 Å². The summed E-state index contributed by atoms with van der Waals surface area (Å²) in [5, 5.41) is 0. The molecule has 0 N–H and O–H groups in total. The van der Waals surface area contributed by atoms with E-state index >= 15 is 0 Å². The number of Topliss-reactive ketones (excluding diaryl/α,β-unsaturated/α-hetero) is 1. The molecule has 0 heterocycles. The fourth-order valence-electron chi connectivity index (χ4n) is 12.9. The Morgan fingerprint density at radius 2 is 1.62 bits per heavy atom. The van der Waals surface area contributed by atoms with E-state index in [1.54, 1.807) is 21.3 Å². The van der Waals surface area contributed by atoms with E-state index in [1.807, 2.05) is 18.2 Å². The monoisotopic (exact) mass is 616 g/mol. The number of hydrogen-bond donors (Lipinski definition) is 0. The van der Waals surface area contributed by atoms with E-state index in [2.05, 4.69) is 54.2 Å². The summed E-state index contributed by atoms with van der Waals surface area (Å²) in [6.07, 6.45) is 11.3. The largest absolute Gasteiger partial charge is 0.493 e. The molecule has 0 unspecified atom stereocenters. The predicted octanol–water partition coefficient (Wildman–Crippen LogP) is 9.10. The first-order valence-electron chi connectivity index (χ1n) is 17.4. The van der Waals surface area contributed by atoms with Gasteiger partial charge in [0.15, 0.2) is 17.3 Å². The van der Waals surface area contributed by atoms with Gasteiger partial charge in [0.1, 0.15) is 0 Å². The van der Waals surface area contributed by atoms with E-state index in [4.69, 9.17) is 14.2 Å². The number of carbonyl (C=O) groups is 2. The first-order valence-corrected chi connectivity index (χ1v) is 17.4. The molecule has 5 nitrogen and oxygen atoms in total. The summed E-state index contributed by atoms with van der Waals surface area (Å²) in [5.74, 6) is 3.58. The quantitative estimate of drug-likeness (QED) is 0.188. The maximum absolute atomic E-state index is 14.3.